The third-order valence-electron chi connectivity index (χ3n) is 4.00. The number of carbonyl (C=O) groups excluding carboxylic acids is 1. The van der Waals surface area contributed by atoms with Crippen LogP contribution in [0.4, 0.5) is 0 Å². The van der Waals surface area contributed by atoms with Crippen molar-refractivity contribution in [1.29, 1.82) is 0 Å². The first-order chi connectivity index (χ1) is 9.90. The first-order valence-corrected chi connectivity index (χ1v) is 7.76. The maximum Gasteiger partial charge on any atom is 0.311 e. The summed E-state index contributed by atoms with van der Waals surface area (Å²) < 4.78 is 10.6. The van der Waals surface area contributed by atoms with Crippen molar-refractivity contribution >= 4 is 5.97 Å². The van der Waals surface area contributed by atoms with E-state index in [4.69, 9.17) is 9.47 Å². The van der Waals surface area contributed by atoms with Gasteiger partial charge in [0.25, 0.3) is 0 Å². The van der Waals surface area contributed by atoms with E-state index in [1.54, 1.807) is 13.8 Å². The molecule has 0 aromatic carbocycles. The fourth-order valence-corrected chi connectivity index (χ4v) is 2.46. The zero-order chi connectivity index (χ0) is 16.0. The molecule has 21 heavy (non-hydrogen) atoms. The van der Waals surface area contributed by atoms with Gasteiger partial charge >= 0.3 is 5.97 Å². The van der Waals surface area contributed by atoms with Gasteiger partial charge in [0.1, 0.15) is 18.3 Å². The van der Waals surface area contributed by atoms with Crippen LogP contribution < -0.4 is 0 Å². The van der Waals surface area contributed by atoms with E-state index < -0.39 is 42.4 Å². The number of unbranched alkanes of at least 4 members (excludes halogenated alkanes) is 3. The Balaban J connectivity index is 2.45. The van der Waals surface area contributed by atoms with Crippen LogP contribution >= 0.6 is 0 Å². The van der Waals surface area contributed by atoms with Crippen molar-refractivity contribution in [2.75, 3.05) is 6.61 Å². The molecule has 0 bridgehead atoms. The monoisotopic (exact) mass is 304 g/mol. The summed E-state index contributed by atoms with van der Waals surface area (Å²) >= 11 is 0. The van der Waals surface area contributed by atoms with Crippen molar-refractivity contribution in [3.8, 4) is 0 Å². The summed E-state index contributed by atoms with van der Waals surface area (Å²) in [4.78, 5) is 12.0. The zero-order valence-electron chi connectivity index (χ0n) is 13.1. The average Bonchev–Trinajstić information content (AvgIpc) is 2.47. The second-order valence-electron chi connectivity index (χ2n) is 5.79. The van der Waals surface area contributed by atoms with Gasteiger partial charge < -0.3 is 24.8 Å². The highest BCUT2D eigenvalue weighted by molar-refractivity contribution is 5.72. The molecule has 3 N–H and O–H groups in total. The maximum absolute atomic E-state index is 12.0. The number of aliphatic hydroxyl groups excluding tert-OH is 3. The van der Waals surface area contributed by atoms with Crippen molar-refractivity contribution in [2.24, 2.45) is 5.92 Å². The summed E-state index contributed by atoms with van der Waals surface area (Å²) in [7, 11) is 0. The molecule has 6 atom stereocenters. The number of esters is 1. The van der Waals surface area contributed by atoms with Gasteiger partial charge in [-0.15, -0.1) is 0 Å². The molecule has 0 saturated carbocycles. The van der Waals surface area contributed by atoms with Crippen LogP contribution in [0.1, 0.15) is 46.5 Å². The van der Waals surface area contributed by atoms with Crippen molar-refractivity contribution in [1.82, 2.24) is 0 Å². The van der Waals surface area contributed by atoms with Gasteiger partial charge in [0, 0.05) is 0 Å². The lowest BCUT2D eigenvalue weighted by molar-refractivity contribution is -0.230. The van der Waals surface area contributed by atoms with Gasteiger partial charge in [-0.05, 0) is 20.3 Å². The van der Waals surface area contributed by atoms with E-state index in [1.165, 1.54) is 0 Å². The Kier molecular flexibility index (Phi) is 7.59. The predicted octanol–water partition coefficient (Wildman–Crippen LogP) is 0.616. The molecule has 0 aromatic heterocycles. The molecule has 1 heterocycles. The molecule has 1 aliphatic rings. The Bertz CT molecular complexity index is 321. The molecule has 6 heteroatoms. The van der Waals surface area contributed by atoms with Crippen LogP contribution in [0, 0.1) is 5.92 Å². The Hall–Kier alpha value is -0.690. The Morgan fingerprint density at radius 3 is 2.43 bits per heavy atom. The van der Waals surface area contributed by atoms with E-state index in [9.17, 15) is 20.1 Å². The number of rotatable bonds is 7. The summed E-state index contributed by atoms with van der Waals surface area (Å²) in [6.07, 6.45) is -1.24. The Morgan fingerprint density at radius 1 is 1.14 bits per heavy atom. The summed E-state index contributed by atoms with van der Waals surface area (Å²) in [5.74, 6) is -1.15. The van der Waals surface area contributed by atoms with Crippen LogP contribution in [0.3, 0.4) is 0 Å². The van der Waals surface area contributed by atoms with Crippen LogP contribution in [0.5, 0.6) is 0 Å². The molecule has 0 amide bonds. The molecule has 0 spiro atoms. The van der Waals surface area contributed by atoms with E-state index in [0.29, 0.717) is 6.61 Å². The van der Waals surface area contributed by atoms with Gasteiger partial charge in [-0.2, -0.15) is 0 Å². The quantitative estimate of drug-likeness (QED) is 0.471. The molecule has 1 fully saturated rings. The predicted molar refractivity (Wildman–Crippen MR) is 76.6 cm³/mol. The van der Waals surface area contributed by atoms with Crippen molar-refractivity contribution < 1.29 is 29.6 Å². The van der Waals surface area contributed by atoms with Gasteiger partial charge in [-0.1, -0.05) is 26.2 Å². The van der Waals surface area contributed by atoms with E-state index in [2.05, 4.69) is 6.92 Å². The third-order valence-corrected chi connectivity index (χ3v) is 4.00. The van der Waals surface area contributed by atoms with Crippen LogP contribution in [-0.2, 0) is 14.3 Å². The Morgan fingerprint density at radius 2 is 1.81 bits per heavy atom. The number of hydrogen-bond acceptors (Lipinski definition) is 6. The number of ether oxygens (including phenoxy) is 2. The van der Waals surface area contributed by atoms with Gasteiger partial charge in [0.15, 0.2) is 0 Å². The first-order valence-electron chi connectivity index (χ1n) is 7.76. The minimum atomic E-state index is -1.32. The fraction of sp³-hybridized carbons (Fsp3) is 0.933. The second kappa shape index (κ2) is 8.68. The summed E-state index contributed by atoms with van der Waals surface area (Å²) in [5, 5.41) is 29.3. The number of hydrogen-bond donors (Lipinski definition) is 3. The minimum absolute atomic E-state index is 0.354. The molecule has 124 valence electrons. The summed E-state index contributed by atoms with van der Waals surface area (Å²) in [6.45, 7) is 5.65. The lowest BCUT2D eigenvalue weighted by atomic mass is 9.89. The van der Waals surface area contributed by atoms with Crippen LogP contribution in [0.15, 0.2) is 0 Å². The summed E-state index contributed by atoms with van der Waals surface area (Å²) in [6, 6.07) is 0. The van der Waals surface area contributed by atoms with Crippen molar-refractivity contribution in [3.05, 3.63) is 0 Å². The SMILES string of the molecule is CCCCCCOC(=O)C(C)C1O[C@@H](C)[C@H](O)[C@@H](O)[C@H]1O. The highest BCUT2D eigenvalue weighted by Gasteiger charge is 2.45. The normalized spacial score (nSPS) is 34.5. The van der Waals surface area contributed by atoms with Crippen molar-refractivity contribution in [2.45, 2.75) is 77.0 Å². The molecule has 0 aliphatic carbocycles. The lowest BCUT2D eigenvalue weighted by Gasteiger charge is -2.41. The van der Waals surface area contributed by atoms with E-state index in [-0.39, 0.29) is 0 Å². The van der Waals surface area contributed by atoms with E-state index in [1.807, 2.05) is 0 Å². The molecule has 0 radical (unpaired) electrons. The van der Waals surface area contributed by atoms with Crippen molar-refractivity contribution in [3.63, 3.8) is 0 Å². The van der Waals surface area contributed by atoms with Crippen LogP contribution in [-0.4, -0.2) is 58.4 Å². The molecule has 1 saturated heterocycles. The van der Waals surface area contributed by atoms with E-state index in [0.717, 1.165) is 25.7 Å². The molecule has 1 rings (SSSR count). The average molecular weight is 304 g/mol. The van der Waals surface area contributed by atoms with Gasteiger partial charge in [-0.3, -0.25) is 4.79 Å². The van der Waals surface area contributed by atoms with Gasteiger partial charge in [0.2, 0.25) is 0 Å². The summed E-state index contributed by atoms with van der Waals surface area (Å²) in [5.41, 5.74) is 0. The standard InChI is InChI=1S/C15H28O6/c1-4-5-6-7-8-20-15(19)9(2)14-13(18)12(17)11(16)10(3)21-14/h9-14,16-18H,4-8H2,1-3H3/t9?,10-,11-,12+,13+,14?/m0/s1. The minimum Gasteiger partial charge on any atom is -0.465 e. The highest BCUT2D eigenvalue weighted by Crippen LogP contribution is 2.26. The molecular formula is C15H28O6. The van der Waals surface area contributed by atoms with E-state index >= 15 is 0 Å². The zero-order valence-corrected chi connectivity index (χ0v) is 13.1. The molecule has 0 aromatic rings. The Labute approximate surface area is 126 Å². The molecule has 2 unspecified atom stereocenters. The molecule has 1 aliphatic heterocycles. The highest BCUT2D eigenvalue weighted by atomic mass is 16.6. The largest absolute Gasteiger partial charge is 0.465 e. The van der Waals surface area contributed by atoms with Crippen LogP contribution in [0.2, 0.25) is 0 Å². The fourth-order valence-electron chi connectivity index (χ4n) is 2.46. The molecule has 6 nitrogen and oxygen atoms in total. The maximum atomic E-state index is 12.0. The van der Waals surface area contributed by atoms with Gasteiger partial charge in [0.05, 0.1) is 24.7 Å². The van der Waals surface area contributed by atoms with Crippen LogP contribution in [0.25, 0.3) is 0 Å². The first kappa shape index (κ1) is 18.4. The lowest BCUT2D eigenvalue weighted by Crippen LogP contribution is -2.59. The number of aliphatic hydroxyl groups is 3. The smallest absolute Gasteiger partial charge is 0.311 e. The molecular weight excluding hydrogens is 276 g/mol. The second-order valence-corrected chi connectivity index (χ2v) is 5.79. The third kappa shape index (κ3) is 4.92. The van der Waals surface area contributed by atoms with Gasteiger partial charge in [-0.25, -0.2) is 0 Å². The topological polar surface area (TPSA) is 96.2 Å². The number of carbonyl (C=O) groups is 1.